The Hall–Kier alpha value is -1.20. The Bertz CT molecular complexity index is 374. The molecule has 0 bridgehead atoms. The zero-order valence-corrected chi connectivity index (χ0v) is 11.9. The second-order valence-corrected chi connectivity index (χ2v) is 5.44. The first kappa shape index (κ1) is 14.2. The highest BCUT2D eigenvalue weighted by molar-refractivity contribution is 5.28. The van der Waals surface area contributed by atoms with Crippen LogP contribution in [0.25, 0.3) is 0 Å². The van der Waals surface area contributed by atoms with E-state index in [0.717, 1.165) is 37.5 Å². The molecule has 1 fully saturated rings. The predicted octanol–water partition coefficient (Wildman–Crippen LogP) is 1.37. The third-order valence-electron chi connectivity index (χ3n) is 3.34. The normalized spacial score (nSPS) is 21.1. The van der Waals surface area contributed by atoms with Crippen LogP contribution in [0.2, 0.25) is 0 Å². The second-order valence-electron chi connectivity index (χ2n) is 5.44. The van der Waals surface area contributed by atoms with Crippen LogP contribution in [0.3, 0.4) is 0 Å². The van der Waals surface area contributed by atoms with E-state index in [4.69, 9.17) is 10.5 Å². The molecule has 2 atom stereocenters. The van der Waals surface area contributed by atoms with Gasteiger partial charge in [-0.3, -0.25) is 0 Å². The minimum absolute atomic E-state index is 0.141. The van der Waals surface area contributed by atoms with Gasteiger partial charge < -0.3 is 15.4 Å². The first-order valence-electron chi connectivity index (χ1n) is 7.04. The van der Waals surface area contributed by atoms with Crippen LogP contribution in [0.4, 0.5) is 5.95 Å². The third-order valence-corrected chi connectivity index (χ3v) is 3.34. The molecule has 2 unspecified atom stereocenters. The van der Waals surface area contributed by atoms with Crippen LogP contribution in [-0.4, -0.2) is 42.3 Å². The lowest BCUT2D eigenvalue weighted by Crippen LogP contribution is -2.34. The van der Waals surface area contributed by atoms with Crippen molar-refractivity contribution in [2.45, 2.75) is 44.8 Å². The number of likely N-dealkylation sites (N-methyl/N-ethyl adjacent to an activating group) is 1. The number of hydrogen-bond acceptors (Lipinski definition) is 5. The minimum atomic E-state index is 0.141. The molecule has 1 aliphatic rings. The minimum Gasteiger partial charge on any atom is -0.376 e. The van der Waals surface area contributed by atoms with Gasteiger partial charge in [-0.1, -0.05) is 0 Å². The Morgan fingerprint density at radius 2 is 2.16 bits per heavy atom. The van der Waals surface area contributed by atoms with Gasteiger partial charge in [-0.05, 0) is 38.2 Å². The Morgan fingerprint density at radius 1 is 1.42 bits per heavy atom. The third kappa shape index (κ3) is 4.44. The van der Waals surface area contributed by atoms with Gasteiger partial charge in [0.05, 0.1) is 6.10 Å². The summed E-state index contributed by atoms with van der Waals surface area (Å²) in [7, 11) is 2.01. The molecule has 1 aliphatic heterocycles. The van der Waals surface area contributed by atoms with E-state index in [1.165, 1.54) is 12.8 Å². The number of aromatic nitrogens is 2. The highest BCUT2D eigenvalue weighted by atomic mass is 16.5. The topological polar surface area (TPSA) is 64.3 Å². The van der Waals surface area contributed by atoms with Crippen LogP contribution >= 0.6 is 0 Å². The van der Waals surface area contributed by atoms with Gasteiger partial charge in [-0.2, -0.15) is 0 Å². The summed E-state index contributed by atoms with van der Waals surface area (Å²) in [5, 5.41) is 0. The maximum absolute atomic E-state index is 5.76. The van der Waals surface area contributed by atoms with Gasteiger partial charge in [0.25, 0.3) is 0 Å². The van der Waals surface area contributed by atoms with Crippen molar-refractivity contribution in [1.29, 1.82) is 0 Å². The highest BCUT2D eigenvalue weighted by Crippen LogP contribution is 2.15. The molecule has 2 N–H and O–H groups in total. The summed E-state index contributed by atoms with van der Waals surface area (Å²) < 4.78 is 5.73. The Labute approximate surface area is 115 Å². The molecule has 106 valence electrons. The molecular formula is C14H24N4O. The Balaban J connectivity index is 1.89. The molecule has 0 radical (unpaired) electrons. The average molecular weight is 264 g/mol. The molecular weight excluding hydrogens is 240 g/mol. The summed E-state index contributed by atoms with van der Waals surface area (Å²) in [6.45, 7) is 3.72. The standard InChI is InChI=1S/C14H24N4O/c1-11(15)7-12-8-16-14(17-9-12)18(2)10-13-5-3-4-6-19-13/h8-9,11,13H,3-7,10,15H2,1-2H3. The maximum Gasteiger partial charge on any atom is 0.225 e. The molecule has 0 aromatic carbocycles. The average Bonchev–Trinajstić information content (AvgIpc) is 2.40. The van der Waals surface area contributed by atoms with E-state index < -0.39 is 0 Å². The number of ether oxygens (including phenoxy) is 1. The fraction of sp³-hybridized carbons (Fsp3) is 0.714. The number of nitrogens with two attached hydrogens (primary N) is 1. The summed E-state index contributed by atoms with van der Waals surface area (Å²) in [6, 6.07) is 0.141. The van der Waals surface area contributed by atoms with E-state index in [0.29, 0.717) is 6.10 Å². The quantitative estimate of drug-likeness (QED) is 0.870. The van der Waals surface area contributed by atoms with E-state index in [1.54, 1.807) is 0 Å². The number of rotatable bonds is 5. The van der Waals surface area contributed by atoms with Crippen LogP contribution in [0.1, 0.15) is 31.7 Å². The smallest absolute Gasteiger partial charge is 0.225 e. The first-order chi connectivity index (χ1) is 9.15. The van der Waals surface area contributed by atoms with Crippen molar-refractivity contribution < 1.29 is 4.74 Å². The van der Waals surface area contributed by atoms with Crippen molar-refractivity contribution in [3.63, 3.8) is 0 Å². The monoisotopic (exact) mass is 264 g/mol. The van der Waals surface area contributed by atoms with E-state index in [2.05, 4.69) is 14.9 Å². The van der Waals surface area contributed by atoms with Gasteiger partial charge in [-0.25, -0.2) is 9.97 Å². The first-order valence-corrected chi connectivity index (χ1v) is 7.04. The molecule has 2 rings (SSSR count). The zero-order chi connectivity index (χ0) is 13.7. The molecule has 1 aromatic heterocycles. The van der Waals surface area contributed by atoms with Crippen molar-refractivity contribution in [2.24, 2.45) is 5.73 Å². The molecule has 0 amide bonds. The van der Waals surface area contributed by atoms with Crippen molar-refractivity contribution >= 4 is 5.95 Å². The van der Waals surface area contributed by atoms with Crippen molar-refractivity contribution in [1.82, 2.24) is 9.97 Å². The largest absolute Gasteiger partial charge is 0.376 e. The lowest BCUT2D eigenvalue weighted by atomic mass is 10.1. The second kappa shape index (κ2) is 6.82. The molecule has 1 aromatic rings. The fourth-order valence-corrected chi connectivity index (χ4v) is 2.36. The lowest BCUT2D eigenvalue weighted by Gasteiger charge is -2.27. The van der Waals surface area contributed by atoms with E-state index in [1.807, 2.05) is 26.4 Å². The SMILES string of the molecule is CC(N)Cc1cnc(N(C)CC2CCCCO2)nc1. The van der Waals surface area contributed by atoms with E-state index >= 15 is 0 Å². The predicted molar refractivity (Wildman–Crippen MR) is 76.2 cm³/mol. The molecule has 0 spiro atoms. The number of hydrogen-bond donors (Lipinski definition) is 1. The van der Waals surface area contributed by atoms with Crippen LogP contribution < -0.4 is 10.6 Å². The molecule has 19 heavy (non-hydrogen) atoms. The van der Waals surface area contributed by atoms with E-state index in [-0.39, 0.29) is 6.04 Å². The summed E-state index contributed by atoms with van der Waals surface area (Å²) >= 11 is 0. The van der Waals surface area contributed by atoms with Gasteiger partial charge in [0.15, 0.2) is 0 Å². The summed E-state index contributed by atoms with van der Waals surface area (Å²) in [5.41, 5.74) is 6.85. The van der Waals surface area contributed by atoms with Crippen molar-refractivity contribution in [3.05, 3.63) is 18.0 Å². The molecule has 1 saturated heterocycles. The number of nitrogens with zero attached hydrogens (tertiary/aromatic N) is 3. The van der Waals surface area contributed by atoms with Gasteiger partial charge in [-0.15, -0.1) is 0 Å². The zero-order valence-electron chi connectivity index (χ0n) is 11.9. The van der Waals surface area contributed by atoms with Crippen LogP contribution in [0, 0.1) is 0 Å². The molecule has 2 heterocycles. The molecule has 0 aliphatic carbocycles. The summed E-state index contributed by atoms with van der Waals surface area (Å²) in [6.07, 6.45) is 8.43. The lowest BCUT2D eigenvalue weighted by molar-refractivity contribution is 0.0214. The molecule has 5 heteroatoms. The molecule has 0 saturated carbocycles. The van der Waals surface area contributed by atoms with Gasteiger partial charge >= 0.3 is 0 Å². The van der Waals surface area contributed by atoms with Gasteiger partial charge in [0.1, 0.15) is 0 Å². The summed E-state index contributed by atoms with van der Waals surface area (Å²) in [4.78, 5) is 10.9. The molecule has 5 nitrogen and oxygen atoms in total. The van der Waals surface area contributed by atoms with E-state index in [9.17, 15) is 0 Å². The van der Waals surface area contributed by atoms with Crippen LogP contribution in [0.5, 0.6) is 0 Å². The van der Waals surface area contributed by atoms with Crippen molar-refractivity contribution in [3.8, 4) is 0 Å². The summed E-state index contributed by atoms with van der Waals surface area (Å²) in [5.74, 6) is 0.752. The van der Waals surface area contributed by atoms with Crippen LogP contribution in [0.15, 0.2) is 12.4 Å². The number of anilines is 1. The fourth-order valence-electron chi connectivity index (χ4n) is 2.36. The van der Waals surface area contributed by atoms with Gasteiger partial charge in [0, 0.05) is 38.6 Å². The maximum atomic E-state index is 5.76. The highest BCUT2D eigenvalue weighted by Gasteiger charge is 2.17. The Morgan fingerprint density at radius 3 is 2.74 bits per heavy atom. The van der Waals surface area contributed by atoms with Crippen molar-refractivity contribution in [2.75, 3.05) is 25.1 Å². The van der Waals surface area contributed by atoms with Gasteiger partial charge in [0.2, 0.25) is 5.95 Å². The van der Waals surface area contributed by atoms with Crippen LogP contribution in [-0.2, 0) is 11.2 Å². The Kier molecular flexibility index (Phi) is 5.10.